The van der Waals surface area contributed by atoms with Crippen LogP contribution in [0.1, 0.15) is 27.7 Å². The standard InChI is InChI=1S/C17H19BN3O7S/c19-14(11-7-29-8-20-11)16(22)21-5-10(6-21)27-12-2-1-9-3-4-18(25,26)28-15(9)13(12)17(23)24/h1-2,7-8,10,14,25-26H,3-6,19H2,(H,23,24)/q-1. The Balaban J connectivity index is 1.46. The molecule has 1 fully saturated rings. The molecule has 2 aromatic rings. The summed E-state index contributed by atoms with van der Waals surface area (Å²) in [6.07, 6.45) is -0.145. The third kappa shape index (κ3) is 3.79. The van der Waals surface area contributed by atoms with Gasteiger partial charge in [-0.3, -0.25) is 4.79 Å². The Bertz CT molecular complexity index is 947. The van der Waals surface area contributed by atoms with Crippen LogP contribution in [0.15, 0.2) is 23.0 Å². The number of aromatic nitrogens is 1. The third-order valence-electron chi connectivity index (χ3n) is 5.00. The molecule has 1 unspecified atom stereocenters. The van der Waals surface area contributed by atoms with Crippen molar-refractivity contribution in [2.24, 2.45) is 5.73 Å². The summed E-state index contributed by atoms with van der Waals surface area (Å²) in [6.45, 7) is -2.60. The number of carbonyl (C=O) groups is 2. The lowest BCUT2D eigenvalue weighted by molar-refractivity contribution is -0.141. The highest BCUT2D eigenvalue weighted by molar-refractivity contribution is 7.07. The van der Waals surface area contributed by atoms with E-state index in [1.807, 2.05) is 0 Å². The van der Waals surface area contributed by atoms with Crippen LogP contribution >= 0.6 is 11.3 Å². The van der Waals surface area contributed by atoms with Crippen molar-refractivity contribution in [3.8, 4) is 11.5 Å². The van der Waals surface area contributed by atoms with Gasteiger partial charge in [-0.05, 0) is 18.1 Å². The predicted molar refractivity (Wildman–Crippen MR) is 103 cm³/mol. The Morgan fingerprint density at radius 1 is 1.38 bits per heavy atom. The van der Waals surface area contributed by atoms with Gasteiger partial charge in [0.2, 0.25) is 5.91 Å². The van der Waals surface area contributed by atoms with Gasteiger partial charge in [-0.2, -0.15) is 0 Å². The third-order valence-corrected chi connectivity index (χ3v) is 5.61. The fraction of sp³-hybridized carbons (Fsp3) is 0.353. The SMILES string of the molecule is NC(C(=O)N1CC(Oc2ccc3c(c2C(=O)O)O[B-](O)(O)CC3)C1)c1cscn1. The number of fused-ring (bicyclic) bond motifs is 1. The zero-order valence-electron chi connectivity index (χ0n) is 15.2. The maximum Gasteiger partial charge on any atom is 0.430 e. The Hall–Kier alpha value is -2.67. The Kier molecular flexibility index (Phi) is 4.94. The molecule has 1 atom stereocenters. The first-order valence-electron chi connectivity index (χ1n) is 9.03. The second kappa shape index (κ2) is 7.30. The summed E-state index contributed by atoms with van der Waals surface area (Å²) in [4.78, 5) is 29.7. The molecule has 1 saturated heterocycles. The molecule has 0 spiro atoms. The number of carboxylic acid groups (broad SMARTS) is 1. The van der Waals surface area contributed by atoms with Gasteiger partial charge in [0.1, 0.15) is 23.5 Å². The van der Waals surface area contributed by atoms with Gasteiger partial charge in [0.25, 0.3) is 0 Å². The van der Waals surface area contributed by atoms with Gasteiger partial charge < -0.3 is 35.2 Å². The molecular weight excluding hydrogens is 401 g/mol. The van der Waals surface area contributed by atoms with E-state index in [1.165, 1.54) is 22.3 Å². The van der Waals surface area contributed by atoms with Crippen LogP contribution < -0.4 is 15.1 Å². The smallest absolute Gasteiger partial charge is 0.430 e. The van der Waals surface area contributed by atoms with E-state index in [2.05, 4.69) is 4.98 Å². The number of rotatable bonds is 5. The van der Waals surface area contributed by atoms with Crippen molar-refractivity contribution in [1.29, 1.82) is 0 Å². The molecule has 1 aromatic carbocycles. The molecule has 154 valence electrons. The van der Waals surface area contributed by atoms with Crippen molar-refractivity contribution < 1.29 is 34.1 Å². The molecule has 10 nitrogen and oxygen atoms in total. The van der Waals surface area contributed by atoms with Crippen molar-refractivity contribution in [3.05, 3.63) is 39.8 Å². The highest BCUT2D eigenvalue weighted by Gasteiger charge is 2.38. The van der Waals surface area contributed by atoms with Crippen molar-refractivity contribution in [2.45, 2.75) is 24.9 Å². The van der Waals surface area contributed by atoms with Crippen LogP contribution in [0.3, 0.4) is 0 Å². The quantitative estimate of drug-likeness (QED) is 0.489. The molecule has 0 bridgehead atoms. The molecular formula is C17H19BN3O7S-. The first-order valence-corrected chi connectivity index (χ1v) is 9.97. The number of nitrogens with two attached hydrogens (primary N) is 1. The first kappa shape index (κ1) is 19.6. The molecule has 0 aliphatic carbocycles. The number of benzene rings is 1. The maximum absolute atomic E-state index is 12.4. The van der Waals surface area contributed by atoms with Gasteiger partial charge in [0.05, 0.1) is 30.0 Å². The lowest BCUT2D eigenvalue weighted by atomic mass is 9.70. The molecule has 1 aromatic heterocycles. The molecule has 2 aliphatic rings. The Morgan fingerprint density at radius 3 is 2.79 bits per heavy atom. The lowest BCUT2D eigenvalue weighted by Crippen LogP contribution is -2.58. The second-order valence-corrected chi connectivity index (χ2v) is 7.84. The molecule has 5 N–H and O–H groups in total. The fourth-order valence-electron chi connectivity index (χ4n) is 3.40. The van der Waals surface area contributed by atoms with Gasteiger partial charge in [0.15, 0.2) is 0 Å². The summed E-state index contributed by atoms with van der Waals surface area (Å²) < 4.78 is 10.9. The topological polar surface area (TPSA) is 155 Å². The normalized spacial score (nSPS) is 18.9. The predicted octanol–water partition coefficient (Wildman–Crippen LogP) is -0.0107. The molecule has 4 rings (SSSR count). The van der Waals surface area contributed by atoms with Gasteiger partial charge >= 0.3 is 12.7 Å². The Labute approximate surface area is 169 Å². The Morgan fingerprint density at radius 2 is 2.14 bits per heavy atom. The van der Waals surface area contributed by atoms with Crippen LogP contribution in [0.5, 0.6) is 11.5 Å². The van der Waals surface area contributed by atoms with Crippen molar-refractivity contribution in [1.82, 2.24) is 9.88 Å². The average molecular weight is 420 g/mol. The van der Waals surface area contributed by atoms with E-state index < -0.39 is 24.9 Å². The monoisotopic (exact) mass is 420 g/mol. The average Bonchev–Trinajstić information content (AvgIpc) is 3.16. The summed E-state index contributed by atoms with van der Waals surface area (Å²) in [5, 5.41) is 30.9. The van der Waals surface area contributed by atoms with Crippen molar-refractivity contribution in [2.75, 3.05) is 13.1 Å². The summed E-state index contributed by atoms with van der Waals surface area (Å²) in [6, 6.07) is 2.31. The molecule has 0 saturated carbocycles. The van der Waals surface area contributed by atoms with E-state index in [0.29, 0.717) is 11.3 Å². The number of ether oxygens (including phenoxy) is 1. The highest BCUT2D eigenvalue weighted by Crippen LogP contribution is 2.39. The number of aromatic carboxylic acids is 1. The lowest BCUT2D eigenvalue weighted by Gasteiger charge is -2.41. The van der Waals surface area contributed by atoms with E-state index in [1.54, 1.807) is 17.0 Å². The number of hydrogen-bond donors (Lipinski definition) is 4. The van der Waals surface area contributed by atoms with Gasteiger partial charge in [-0.25, -0.2) is 9.78 Å². The minimum atomic E-state index is -3.11. The molecule has 3 heterocycles. The number of hydrogen-bond acceptors (Lipinski definition) is 9. The number of carboxylic acids is 1. The number of amides is 1. The van der Waals surface area contributed by atoms with Gasteiger partial charge in [-0.15, -0.1) is 11.3 Å². The van der Waals surface area contributed by atoms with Crippen LogP contribution in [-0.2, 0) is 11.2 Å². The van der Waals surface area contributed by atoms with Crippen molar-refractivity contribution >= 4 is 30.0 Å². The van der Waals surface area contributed by atoms with E-state index in [4.69, 9.17) is 15.1 Å². The number of thiazole rings is 1. The summed E-state index contributed by atoms with van der Waals surface area (Å²) >= 11 is 1.35. The first-order chi connectivity index (χ1) is 13.7. The zero-order chi connectivity index (χ0) is 20.8. The number of aryl methyl sites for hydroxylation is 1. The molecule has 1 amide bonds. The second-order valence-electron chi connectivity index (χ2n) is 7.12. The van der Waals surface area contributed by atoms with Crippen LogP contribution in [0.2, 0.25) is 6.32 Å². The van der Waals surface area contributed by atoms with Gasteiger partial charge in [-0.1, -0.05) is 12.4 Å². The van der Waals surface area contributed by atoms with Crippen LogP contribution in [-0.4, -0.2) is 62.9 Å². The molecule has 29 heavy (non-hydrogen) atoms. The molecule has 2 aliphatic heterocycles. The van der Waals surface area contributed by atoms with Crippen molar-refractivity contribution in [3.63, 3.8) is 0 Å². The maximum atomic E-state index is 12.4. The van der Waals surface area contributed by atoms with E-state index >= 15 is 0 Å². The van der Waals surface area contributed by atoms with Crippen LogP contribution in [0, 0.1) is 0 Å². The van der Waals surface area contributed by atoms with Crippen LogP contribution in [0.4, 0.5) is 0 Å². The summed E-state index contributed by atoms with van der Waals surface area (Å²) in [7, 11) is 0. The van der Waals surface area contributed by atoms with E-state index in [9.17, 15) is 24.7 Å². The highest BCUT2D eigenvalue weighted by atomic mass is 32.1. The van der Waals surface area contributed by atoms with Gasteiger partial charge in [0, 0.05) is 5.38 Å². The molecule has 0 radical (unpaired) electrons. The number of likely N-dealkylation sites (tertiary alicyclic amines) is 1. The number of carbonyl (C=O) groups excluding carboxylic acids is 1. The van der Waals surface area contributed by atoms with E-state index in [0.717, 1.165) is 0 Å². The minimum absolute atomic E-state index is 0.00873. The summed E-state index contributed by atoms with van der Waals surface area (Å²) in [5.41, 5.74) is 8.34. The van der Waals surface area contributed by atoms with E-state index in [-0.39, 0.29) is 48.8 Å². The largest absolute Gasteiger partial charge is 0.669 e. The zero-order valence-corrected chi connectivity index (χ0v) is 16.0. The molecule has 12 heteroatoms. The fourth-order valence-corrected chi connectivity index (χ4v) is 3.99. The van der Waals surface area contributed by atoms with Crippen LogP contribution in [0.25, 0.3) is 0 Å². The number of nitrogens with zero attached hydrogens (tertiary/aromatic N) is 2. The summed E-state index contributed by atoms with van der Waals surface area (Å²) in [5.74, 6) is -1.63. The minimum Gasteiger partial charge on any atom is -0.669 e.